The van der Waals surface area contributed by atoms with E-state index in [0.29, 0.717) is 42.9 Å². The van der Waals surface area contributed by atoms with Gasteiger partial charge in [-0.2, -0.15) is 0 Å². The first kappa shape index (κ1) is 33.4. The standard InChI is InChI=1S/C35H49FO6/c1-3-5-6-7-8-9-13-24-40-30-18-16-28(17-19-30)33(37)42-32-22-20-31(21-23-32)41-26-27(4-2)25-35(36,34(38)39)29-14-11-10-12-15-29/h16-23,27,29H,3-15,24-26H2,1-2H3,(H,38,39)/t27?,35-/m0/s1. The second-order valence-electron chi connectivity index (χ2n) is 11.6. The van der Waals surface area contributed by atoms with Crippen LogP contribution in [0, 0.1) is 11.8 Å². The number of esters is 1. The molecule has 0 aromatic heterocycles. The highest BCUT2D eigenvalue weighted by molar-refractivity contribution is 5.91. The minimum Gasteiger partial charge on any atom is -0.494 e. The van der Waals surface area contributed by atoms with Gasteiger partial charge in [0.25, 0.3) is 0 Å². The monoisotopic (exact) mass is 584 g/mol. The van der Waals surface area contributed by atoms with Gasteiger partial charge in [0.1, 0.15) is 17.2 Å². The van der Waals surface area contributed by atoms with Crippen molar-refractivity contribution >= 4 is 11.9 Å². The Balaban J connectivity index is 1.42. The number of carbonyl (C=O) groups is 2. The summed E-state index contributed by atoms with van der Waals surface area (Å²) in [5, 5.41) is 9.73. The largest absolute Gasteiger partial charge is 0.494 e. The molecule has 1 unspecified atom stereocenters. The Kier molecular flexibility index (Phi) is 14.1. The lowest BCUT2D eigenvalue weighted by Gasteiger charge is -2.35. The number of carbonyl (C=O) groups excluding carboxylic acids is 1. The van der Waals surface area contributed by atoms with E-state index in [2.05, 4.69) is 6.92 Å². The van der Waals surface area contributed by atoms with Gasteiger partial charge in [0, 0.05) is 5.92 Å². The molecule has 42 heavy (non-hydrogen) atoms. The van der Waals surface area contributed by atoms with Crippen LogP contribution in [-0.4, -0.2) is 35.9 Å². The first-order valence-electron chi connectivity index (χ1n) is 16.0. The van der Waals surface area contributed by atoms with Crippen molar-refractivity contribution in [3.63, 3.8) is 0 Å². The Labute approximate surface area is 250 Å². The average Bonchev–Trinajstić information content (AvgIpc) is 3.01. The maximum atomic E-state index is 15.7. The quantitative estimate of drug-likeness (QED) is 0.101. The second-order valence-corrected chi connectivity index (χ2v) is 11.6. The smallest absolute Gasteiger partial charge is 0.343 e. The molecule has 0 amide bonds. The number of ether oxygens (including phenoxy) is 3. The van der Waals surface area contributed by atoms with Crippen LogP contribution in [-0.2, 0) is 4.79 Å². The molecular weight excluding hydrogens is 535 g/mol. The molecule has 2 atom stereocenters. The summed E-state index contributed by atoms with van der Waals surface area (Å²) in [6, 6.07) is 13.6. The lowest BCUT2D eigenvalue weighted by atomic mass is 9.74. The maximum absolute atomic E-state index is 15.7. The summed E-state index contributed by atoms with van der Waals surface area (Å²) in [6.07, 6.45) is 13.2. The third-order valence-electron chi connectivity index (χ3n) is 8.40. The predicted molar refractivity (Wildman–Crippen MR) is 163 cm³/mol. The van der Waals surface area contributed by atoms with Crippen molar-refractivity contribution in [2.75, 3.05) is 13.2 Å². The third-order valence-corrected chi connectivity index (χ3v) is 8.40. The Morgan fingerprint density at radius 3 is 2.02 bits per heavy atom. The van der Waals surface area contributed by atoms with E-state index in [-0.39, 0.29) is 18.9 Å². The Bertz CT molecular complexity index is 1060. The number of unbranched alkanes of at least 4 members (excludes halogenated alkanes) is 6. The molecule has 1 aliphatic rings. The fraction of sp³-hybridized carbons (Fsp3) is 0.600. The van der Waals surface area contributed by atoms with E-state index >= 15 is 4.39 Å². The van der Waals surface area contributed by atoms with Crippen molar-refractivity contribution < 1.29 is 33.3 Å². The molecule has 1 N–H and O–H groups in total. The fourth-order valence-corrected chi connectivity index (χ4v) is 5.65. The molecule has 0 heterocycles. The Morgan fingerprint density at radius 2 is 1.40 bits per heavy atom. The fourth-order valence-electron chi connectivity index (χ4n) is 5.65. The minimum absolute atomic E-state index is 0.0534. The lowest BCUT2D eigenvalue weighted by molar-refractivity contribution is -0.158. The van der Waals surface area contributed by atoms with Crippen LogP contribution in [0.3, 0.4) is 0 Å². The summed E-state index contributed by atoms with van der Waals surface area (Å²) in [5.74, 6) is -0.832. The Morgan fingerprint density at radius 1 is 0.833 bits per heavy atom. The molecule has 0 spiro atoms. The summed E-state index contributed by atoms with van der Waals surface area (Å²) < 4.78 is 32.9. The highest BCUT2D eigenvalue weighted by Gasteiger charge is 2.47. The molecule has 232 valence electrons. The average molecular weight is 585 g/mol. The van der Waals surface area contributed by atoms with E-state index in [1.807, 2.05) is 6.92 Å². The molecule has 0 aliphatic heterocycles. The number of alkyl halides is 1. The molecule has 0 radical (unpaired) electrons. The molecular formula is C35H49FO6. The number of halogens is 1. The van der Waals surface area contributed by atoms with E-state index in [4.69, 9.17) is 14.2 Å². The number of hydrogen-bond acceptors (Lipinski definition) is 5. The highest BCUT2D eigenvalue weighted by Crippen LogP contribution is 2.40. The normalized spacial score (nSPS) is 15.9. The summed E-state index contributed by atoms with van der Waals surface area (Å²) in [7, 11) is 0. The molecule has 1 aliphatic carbocycles. The Hall–Kier alpha value is -3.09. The van der Waals surface area contributed by atoms with Crippen molar-refractivity contribution in [3.05, 3.63) is 54.1 Å². The molecule has 2 aromatic carbocycles. The van der Waals surface area contributed by atoms with Gasteiger partial charge in [0.2, 0.25) is 5.67 Å². The van der Waals surface area contributed by atoms with Gasteiger partial charge in [-0.25, -0.2) is 14.0 Å². The van der Waals surface area contributed by atoms with E-state index in [1.165, 1.54) is 38.5 Å². The highest BCUT2D eigenvalue weighted by atomic mass is 19.1. The molecule has 2 aromatic rings. The molecule has 6 nitrogen and oxygen atoms in total. The van der Waals surface area contributed by atoms with Crippen LogP contribution in [0.25, 0.3) is 0 Å². The third kappa shape index (κ3) is 10.6. The van der Waals surface area contributed by atoms with Gasteiger partial charge in [0.15, 0.2) is 0 Å². The van der Waals surface area contributed by atoms with Gasteiger partial charge in [-0.3, -0.25) is 0 Å². The topological polar surface area (TPSA) is 82.1 Å². The minimum atomic E-state index is -2.22. The molecule has 1 saturated carbocycles. The summed E-state index contributed by atoms with van der Waals surface area (Å²) in [5.41, 5.74) is -1.80. The van der Waals surface area contributed by atoms with Crippen molar-refractivity contribution in [1.29, 1.82) is 0 Å². The van der Waals surface area contributed by atoms with E-state index < -0.39 is 23.5 Å². The van der Waals surface area contributed by atoms with E-state index in [1.54, 1.807) is 48.5 Å². The van der Waals surface area contributed by atoms with Crippen LogP contribution in [0.2, 0.25) is 0 Å². The van der Waals surface area contributed by atoms with Gasteiger partial charge in [-0.1, -0.05) is 71.6 Å². The zero-order valence-electron chi connectivity index (χ0n) is 25.5. The van der Waals surface area contributed by atoms with Gasteiger partial charge in [-0.15, -0.1) is 0 Å². The maximum Gasteiger partial charge on any atom is 0.343 e. The van der Waals surface area contributed by atoms with Crippen molar-refractivity contribution in [2.45, 2.75) is 109 Å². The summed E-state index contributed by atoms with van der Waals surface area (Å²) in [4.78, 5) is 24.5. The number of rotatable bonds is 19. The van der Waals surface area contributed by atoms with Gasteiger partial charge >= 0.3 is 11.9 Å². The zero-order chi connectivity index (χ0) is 30.2. The summed E-state index contributed by atoms with van der Waals surface area (Å²) >= 11 is 0. The van der Waals surface area contributed by atoms with Gasteiger partial charge < -0.3 is 19.3 Å². The van der Waals surface area contributed by atoms with E-state index in [0.717, 1.165) is 31.4 Å². The number of carboxylic acid groups (broad SMARTS) is 1. The number of carboxylic acids is 1. The van der Waals surface area contributed by atoms with Crippen LogP contribution in [0.5, 0.6) is 17.2 Å². The molecule has 1 fully saturated rings. The molecule has 0 saturated heterocycles. The molecule has 3 rings (SSSR count). The van der Waals surface area contributed by atoms with Gasteiger partial charge in [0.05, 0.1) is 18.8 Å². The second kappa shape index (κ2) is 17.8. The number of aliphatic carboxylic acids is 1. The van der Waals surface area contributed by atoms with Crippen LogP contribution in [0.4, 0.5) is 4.39 Å². The van der Waals surface area contributed by atoms with Gasteiger partial charge in [-0.05, 0) is 86.6 Å². The lowest BCUT2D eigenvalue weighted by Crippen LogP contribution is -2.44. The number of hydrogen-bond donors (Lipinski definition) is 1. The zero-order valence-corrected chi connectivity index (χ0v) is 25.5. The summed E-state index contributed by atoms with van der Waals surface area (Å²) in [6.45, 7) is 5.03. The van der Waals surface area contributed by atoms with Crippen molar-refractivity contribution in [1.82, 2.24) is 0 Å². The number of benzene rings is 2. The first-order valence-corrected chi connectivity index (χ1v) is 16.0. The predicted octanol–water partition coefficient (Wildman–Crippen LogP) is 9.20. The van der Waals surface area contributed by atoms with Crippen molar-refractivity contribution in [2.24, 2.45) is 11.8 Å². The van der Waals surface area contributed by atoms with Crippen LogP contribution in [0.1, 0.15) is 114 Å². The van der Waals surface area contributed by atoms with E-state index in [9.17, 15) is 14.7 Å². The molecule has 7 heteroatoms. The van der Waals surface area contributed by atoms with Crippen molar-refractivity contribution in [3.8, 4) is 17.2 Å². The molecule has 0 bridgehead atoms. The first-order chi connectivity index (χ1) is 20.4. The van der Waals surface area contributed by atoms with Crippen LogP contribution < -0.4 is 14.2 Å². The SMILES string of the molecule is CCCCCCCCCOc1ccc(C(=O)Oc2ccc(OCC(CC)C[C@@](F)(C(=O)O)C3CCCCC3)cc2)cc1. The van der Waals surface area contributed by atoms with Crippen LogP contribution >= 0.6 is 0 Å². The van der Waals surface area contributed by atoms with Crippen LogP contribution in [0.15, 0.2) is 48.5 Å².